The van der Waals surface area contributed by atoms with Crippen molar-refractivity contribution in [1.82, 2.24) is 0 Å². The van der Waals surface area contributed by atoms with E-state index in [1.807, 2.05) is 0 Å². The van der Waals surface area contributed by atoms with Gasteiger partial charge in [0.1, 0.15) is 5.82 Å². The Labute approximate surface area is 73.0 Å². The summed E-state index contributed by atoms with van der Waals surface area (Å²) in [5.74, 6) is -0.0158. The lowest BCUT2D eigenvalue weighted by molar-refractivity contribution is 0.627. The average molecular weight is 187 g/mol. The third kappa shape index (κ3) is 1.82. The van der Waals surface area contributed by atoms with Gasteiger partial charge in [0.25, 0.3) is 0 Å². The Morgan fingerprint density at radius 1 is 1.58 bits per heavy atom. The van der Waals surface area contributed by atoms with Crippen molar-refractivity contribution in [3.63, 3.8) is 0 Å². The highest BCUT2D eigenvalue weighted by Gasteiger charge is 2.04. The van der Waals surface area contributed by atoms with Crippen LogP contribution < -0.4 is 5.73 Å². The highest BCUT2D eigenvalue weighted by atomic mass is 32.2. The van der Waals surface area contributed by atoms with Gasteiger partial charge in [-0.05, 0) is 18.2 Å². The number of anilines is 1. The Bertz CT molecular complexity index is 314. The molecule has 0 aliphatic heterocycles. The van der Waals surface area contributed by atoms with E-state index < -0.39 is 16.6 Å². The summed E-state index contributed by atoms with van der Waals surface area (Å²) >= 11 is 0. The molecule has 0 spiro atoms. The predicted molar refractivity (Wildman–Crippen MR) is 47.8 cm³/mol. The molecule has 0 radical (unpaired) electrons. The molecule has 4 heteroatoms. The first kappa shape index (κ1) is 9.19. The van der Waals surface area contributed by atoms with Crippen molar-refractivity contribution < 1.29 is 8.60 Å². The van der Waals surface area contributed by atoms with Gasteiger partial charge in [-0.1, -0.05) is 6.92 Å². The highest BCUT2D eigenvalue weighted by molar-refractivity contribution is 7.85. The number of benzene rings is 1. The maximum atomic E-state index is 12.8. The van der Waals surface area contributed by atoms with Crippen molar-refractivity contribution in [1.29, 1.82) is 0 Å². The van der Waals surface area contributed by atoms with Crippen LogP contribution in [0, 0.1) is 5.82 Å². The van der Waals surface area contributed by atoms with Crippen LogP contribution in [0.5, 0.6) is 0 Å². The number of hydrogen-bond donors (Lipinski definition) is 1. The molecular formula is C8H10FNOS. The monoisotopic (exact) mass is 187 g/mol. The minimum absolute atomic E-state index is 0.0897. The summed E-state index contributed by atoms with van der Waals surface area (Å²) in [5.41, 5.74) is 5.35. The smallest absolute Gasteiger partial charge is 0.147 e. The SMILES string of the molecule is CCS(=O)c1ccc(N)c(F)c1. The molecule has 1 aromatic rings. The lowest BCUT2D eigenvalue weighted by Gasteiger charge is -2.00. The van der Waals surface area contributed by atoms with Gasteiger partial charge in [-0.15, -0.1) is 0 Å². The summed E-state index contributed by atoms with van der Waals surface area (Å²) in [5, 5.41) is 0. The molecule has 0 saturated heterocycles. The van der Waals surface area contributed by atoms with Gasteiger partial charge in [0.15, 0.2) is 0 Å². The summed E-state index contributed by atoms with van der Waals surface area (Å²) in [6.45, 7) is 1.78. The topological polar surface area (TPSA) is 43.1 Å². The van der Waals surface area contributed by atoms with Crippen molar-refractivity contribution in [2.75, 3.05) is 11.5 Å². The second kappa shape index (κ2) is 3.67. The lowest BCUT2D eigenvalue weighted by atomic mass is 10.3. The van der Waals surface area contributed by atoms with Gasteiger partial charge in [-0.25, -0.2) is 4.39 Å². The quantitative estimate of drug-likeness (QED) is 0.713. The molecule has 2 N–H and O–H groups in total. The molecule has 0 saturated carbocycles. The van der Waals surface area contributed by atoms with Crippen LogP contribution in [0.4, 0.5) is 10.1 Å². The van der Waals surface area contributed by atoms with Crippen LogP contribution >= 0.6 is 0 Å². The van der Waals surface area contributed by atoms with Gasteiger partial charge in [0.2, 0.25) is 0 Å². The predicted octanol–water partition coefficient (Wildman–Crippen LogP) is 1.54. The summed E-state index contributed by atoms with van der Waals surface area (Å²) < 4.78 is 24.0. The molecule has 0 aliphatic carbocycles. The maximum Gasteiger partial charge on any atom is 0.147 e. The minimum Gasteiger partial charge on any atom is -0.396 e. The maximum absolute atomic E-state index is 12.8. The van der Waals surface area contributed by atoms with Crippen LogP contribution in [-0.4, -0.2) is 9.96 Å². The fourth-order valence-corrected chi connectivity index (χ4v) is 1.60. The van der Waals surface area contributed by atoms with Gasteiger partial charge >= 0.3 is 0 Å². The summed E-state index contributed by atoms with van der Waals surface area (Å²) in [6, 6.07) is 4.23. The first-order valence-electron chi connectivity index (χ1n) is 3.58. The Morgan fingerprint density at radius 2 is 2.25 bits per heavy atom. The average Bonchev–Trinajstić information content (AvgIpc) is 2.08. The van der Waals surface area contributed by atoms with E-state index in [0.29, 0.717) is 10.6 Å². The van der Waals surface area contributed by atoms with E-state index in [9.17, 15) is 8.60 Å². The van der Waals surface area contributed by atoms with Crippen molar-refractivity contribution in [2.45, 2.75) is 11.8 Å². The van der Waals surface area contributed by atoms with E-state index >= 15 is 0 Å². The molecule has 0 amide bonds. The number of nitrogens with two attached hydrogens (primary N) is 1. The van der Waals surface area contributed by atoms with Crippen LogP contribution in [0.2, 0.25) is 0 Å². The molecule has 66 valence electrons. The Hall–Kier alpha value is -0.900. The van der Waals surface area contributed by atoms with Gasteiger partial charge in [0, 0.05) is 10.6 Å². The number of hydrogen-bond acceptors (Lipinski definition) is 2. The first-order valence-corrected chi connectivity index (χ1v) is 4.90. The van der Waals surface area contributed by atoms with E-state index in [2.05, 4.69) is 0 Å². The Balaban J connectivity index is 3.05. The van der Waals surface area contributed by atoms with E-state index in [-0.39, 0.29) is 5.69 Å². The van der Waals surface area contributed by atoms with E-state index in [1.165, 1.54) is 12.1 Å². The fourth-order valence-electron chi connectivity index (χ4n) is 0.816. The normalized spacial score (nSPS) is 12.8. The van der Waals surface area contributed by atoms with Gasteiger partial charge in [-0.2, -0.15) is 0 Å². The van der Waals surface area contributed by atoms with Crippen LogP contribution in [0.1, 0.15) is 6.92 Å². The van der Waals surface area contributed by atoms with Crippen molar-refractivity contribution in [2.24, 2.45) is 0 Å². The van der Waals surface area contributed by atoms with E-state index in [0.717, 1.165) is 0 Å². The van der Waals surface area contributed by atoms with Crippen molar-refractivity contribution >= 4 is 16.5 Å². The fraction of sp³-hybridized carbons (Fsp3) is 0.250. The van der Waals surface area contributed by atoms with Crippen LogP contribution in [0.3, 0.4) is 0 Å². The van der Waals surface area contributed by atoms with E-state index in [4.69, 9.17) is 5.73 Å². The number of rotatable bonds is 2. The van der Waals surface area contributed by atoms with Gasteiger partial charge in [-0.3, -0.25) is 4.21 Å². The van der Waals surface area contributed by atoms with Crippen LogP contribution in [-0.2, 0) is 10.8 Å². The van der Waals surface area contributed by atoms with Gasteiger partial charge < -0.3 is 5.73 Å². The lowest BCUT2D eigenvalue weighted by Crippen LogP contribution is -1.97. The summed E-state index contributed by atoms with van der Waals surface area (Å²) in [6.07, 6.45) is 0. The highest BCUT2D eigenvalue weighted by Crippen LogP contribution is 2.14. The Kier molecular flexibility index (Phi) is 2.81. The zero-order valence-corrected chi connectivity index (χ0v) is 7.53. The molecule has 0 fully saturated rings. The molecular weight excluding hydrogens is 177 g/mol. The largest absolute Gasteiger partial charge is 0.396 e. The van der Waals surface area contributed by atoms with Crippen molar-refractivity contribution in [3.8, 4) is 0 Å². The summed E-state index contributed by atoms with van der Waals surface area (Å²) in [7, 11) is -1.10. The van der Waals surface area contributed by atoms with E-state index in [1.54, 1.807) is 13.0 Å². The second-order valence-corrected chi connectivity index (χ2v) is 4.06. The Morgan fingerprint density at radius 3 is 2.75 bits per heavy atom. The third-order valence-corrected chi connectivity index (χ3v) is 2.80. The van der Waals surface area contributed by atoms with Gasteiger partial charge in [0.05, 0.1) is 16.5 Å². The third-order valence-electron chi connectivity index (χ3n) is 1.50. The molecule has 0 aromatic heterocycles. The molecule has 0 aliphatic rings. The zero-order valence-electron chi connectivity index (χ0n) is 6.71. The molecule has 2 nitrogen and oxygen atoms in total. The zero-order chi connectivity index (χ0) is 9.14. The first-order chi connectivity index (χ1) is 5.65. The molecule has 1 rings (SSSR count). The minimum atomic E-state index is -1.10. The summed E-state index contributed by atoms with van der Waals surface area (Å²) in [4.78, 5) is 0.490. The number of halogens is 1. The molecule has 0 bridgehead atoms. The molecule has 1 atom stereocenters. The molecule has 0 heterocycles. The second-order valence-electron chi connectivity index (χ2n) is 2.32. The molecule has 12 heavy (non-hydrogen) atoms. The van der Waals surface area contributed by atoms with Crippen LogP contribution in [0.15, 0.2) is 23.1 Å². The van der Waals surface area contributed by atoms with Crippen molar-refractivity contribution in [3.05, 3.63) is 24.0 Å². The standard InChI is InChI=1S/C8H10FNOS/c1-2-12(11)6-3-4-8(10)7(9)5-6/h3-5H,2,10H2,1H3. The molecule has 1 unspecified atom stereocenters. The number of nitrogen functional groups attached to an aromatic ring is 1. The molecule has 1 aromatic carbocycles. The van der Waals surface area contributed by atoms with Crippen LogP contribution in [0.25, 0.3) is 0 Å².